The molecule has 2 rings (SSSR count). The van der Waals surface area contributed by atoms with Crippen molar-refractivity contribution >= 4 is 0 Å². The maximum Gasteiger partial charge on any atom is 0.190 e. The van der Waals surface area contributed by atoms with Gasteiger partial charge in [-0.25, -0.2) is 0 Å². The van der Waals surface area contributed by atoms with Crippen LogP contribution in [-0.2, 0) is 14.2 Å². The van der Waals surface area contributed by atoms with Gasteiger partial charge in [-0.2, -0.15) is 0 Å². The molecule has 0 aromatic heterocycles. The van der Waals surface area contributed by atoms with E-state index in [0.29, 0.717) is 6.42 Å². The minimum absolute atomic E-state index is 0.273. The highest BCUT2D eigenvalue weighted by molar-refractivity contribution is 5.07. The van der Waals surface area contributed by atoms with Crippen molar-refractivity contribution in [3.8, 4) is 0 Å². The van der Waals surface area contributed by atoms with E-state index < -0.39 is 29.9 Å². The standard InChI is InChI=1S/C11H18O5/c1-4-5-11(13)7(6-12)14-9-8(11)15-10(2,3)16-9/h4,7-9,12-13H,1,5-6H2,2-3H3/t7-,8+,9?,11-/m1/s1. The minimum atomic E-state index is -1.27. The Labute approximate surface area is 94.6 Å². The van der Waals surface area contributed by atoms with Crippen LogP contribution in [0.25, 0.3) is 0 Å². The van der Waals surface area contributed by atoms with Gasteiger partial charge in [-0.1, -0.05) is 6.08 Å². The summed E-state index contributed by atoms with van der Waals surface area (Å²) in [5.41, 5.74) is -1.27. The summed E-state index contributed by atoms with van der Waals surface area (Å²) in [7, 11) is 0. The molecule has 0 aromatic carbocycles. The molecule has 4 atom stereocenters. The molecule has 92 valence electrons. The summed E-state index contributed by atoms with van der Waals surface area (Å²) in [6.45, 7) is 6.84. The molecule has 0 amide bonds. The molecule has 5 nitrogen and oxygen atoms in total. The van der Waals surface area contributed by atoms with Gasteiger partial charge in [0.15, 0.2) is 12.1 Å². The van der Waals surface area contributed by atoms with Crippen LogP contribution in [0.1, 0.15) is 20.3 Å². The van der Waals surface area contributed by atoms with Crippen LogP contribution in [0.2, 0.25) is 0 Å². The lowest BCUT2D eigenvalue weighted by Crippen LogP contribution is -2.49. The molecule has 2 aliphatic rings. The molecule has 1 unspecified atom stereocenters. The van der Waals surface area contributed by atoms with E-state index in [2.05, 4.69) is 6.58 Å². The summed E-state index contributed by atoms with van der Waals surface area (Å²) in [5.74, 6) is -0.773. The van der Waals surface area contributed by atoms with Gasteiger partial charge >= 0.3 is 0 Å². The first-order valence-electron chi connectivity index (χ1n) is 5.38. The Kier molecular flexibility index (Phi) is 2.84. The average molecular weight is 230 g/mol. The van der Waals surface area contributed by atoms with E-state index in [1.54, 1.807) is 19.9 Å². The van der Waals surface area contributed by atoms with Crippen LogP contribution in [-0.4, -0.2) is 46.7 Å². The van der Waals surface area contributed by atoms with Crippen molar-refractivity contribution in [2.45, 2.75) is 50.2 Å². The second-order valence-electron chi connectivity index (χ2n) is 4.72. The Morgan fingerprint density at radius 2 is 2.06 bits per heavy atom. The molecule has 2 N–H and O–H groups in total. The predicted molar refractivity (Wildman–Crippen MR) is 55.5 cm³/mol. The Balaban J connectivity index is 2.23. The molecule has 2 heterocycles. The van der Waals surface area contributed by atoms with Crippen LogP contribution in [0.15, 0.2) is 12.7 Å². The molecule has 0 saturated carbocycles. The van der Waals surface area contributed by atoms with Crippen molar-refractivity contribution in [3.63, 3.8) is 0 Å². The molecule has 0 bridgehead atoms. The summed E-state index contributed by atoms with van der Waals surface area (Å²) in [6.07, 6.45) is -0.0339. The molecule has 2 aliphatic heterocycles. The maximum absolute atomic E-state index is 10.5. The molecular formula is C11H18O5. The van der Waals surface area contributed by atoms with E-state index in [4.69, 9.17) is 14.2 Å². The molecule has 0 aromatic rings. The third-order valence-electron chi connectivity index (χ3n) is 3.04. The number of rotatable bonds is 3. The largest absolute Gasteiger partial charge is 0.394 e. The molecule has 0 spiro atoms. The smallest absolute Gasteiger partial charge is 0.190 e. The topological polar surface area (TPSA) is 68.2 Å². The Morgan fingerprint density at radius 1 is 1.38 bits per heavy atom. The van der Waals surface area contributed by atoms with Crippen LogP contribution in [0.4, 0.5) is 0 Å². The second-order valence-corrected chi connectivity index (χ2v) is 4.72. The Morgan fingerprint density at radius 3 is 2.62 bits per heavy atom. The van der Waals surface area contributed by atoms with Crippen LogP contribution in [0, 0.1) is 0 Å². The lowest BCUT2D eigenvalue weighted by Gasteiger charge is -2.31. The first-order valence-corrected chi connectivity index (χ1v) is 5.38. The highest BCUT2D eigenvalue weighted by Gasteiger charge is 2.62. The van der Waals surface area contributed by atoms with Crippen LogP contribution < -0.4 is 0 Å². The van der Waals surface area contributed by atoms with Crippen molar-refractivity contribution in [3.05, 3.63) is 12.7 Å². The fourth-order valence-electron chi connectivity index (χ4n) is 2.31. The molecule has 0 radical (unpaired) electrons. The third-order valence-corrected chi connectivity index (χ3v) is 3.04. The molecule has 2 saturated heterocycles. The number of fused-ring (bicyclic) bond motifs is 1. The highest BCUT2D eigenvalue weighted by atomic mass is 16.8. The summed E-state index contributed by atoms with van der Waals surface area (Å²) >= 11 is 0. The monoisotopic (exact) mass is 230 g/mol. The van der Waals surface area contributed by atoms with Gasteiger partial charge in [-0.3, -0.25) is 0 Å². The van der Waals surface area contributed by atoms with Crippen LogP contribution >= 0.6 is 0 Å². The van der Waals surface area contributed by atoms with E-state index in [-0.39, 0.29) is 6.61 Å². The summed E-state index contributed by atoms with van der Waals surface area (Å²) < 4.78 is 16.6. The normalized spacial score (nSPS) is 45.6. The second kappa shape index (κ2) is 3.78. The third kappa shape index (κ3) is 1.69. The fraction of sp³-hybridized carbons (Fsp3) is 0.818. The van der Waals surface area contributed by atoms with Crippen LogP contribution in [0.5, 0.6) is 0 Å². The summed E-state index contributed by atoms with van der Waals surface area (Å²) in [5, 5.41) is 19.7. The first kappa shape index (κ1) is 12.0. The van der Waals surface area contributed by atoms with Crippen molar-refractivity contribution < 1.29 is 24.4 Å². The zero-order valence-corrected chi connectivity index (χ0v) is 9.55. The van der Waals surface area contributed by atoms with Gasteiger partial charge in [-0.15, -0.1) is 6.58 Å². The van der Waals surface area contributed by atoms with E-state index in [1.165, 1.54) is 0 Å². The Bertz CT molecular complexity index is 290. The maximum atomic E-state index is 10.5. The van der Waals surface area contributed by atoms with Gasteiger partial charge in [0.1, 0.15) is 17.8 Å². The highest BCUT2D eigenvalue weighted by Crippen LogP contribution is 2.44. The summed E-state index contributed by atoms with van der Waals surface area (Å²) in [4.78, 5) is 0. The lowest BCUT2D eigenvalue weighted by molar-refractivity contribution is -0.233. The number of hydrogen-bond donors (Lipinski definition) is 2. The first-order chi connectivity index (χ1) is 7.43. The van der Waals surface area contributed by atoms with Gasteiger partial charge in [0, 0.05) is 0 Å². The average Bonchev–Trinajstić information content (AvgIpc) is 2.61. The van der Waals surface area contributed by atoms with E-state index in [0.717, 1.165) is 0 Å². The predicted octanol–water partition coefficient (Wildman–Crippen LogP) is 0.162. The van der Waals surface area contributed by atoms with Crippen LogP contribution in [0.3, 0.4) is 0 Å². The number of hydrogen-bond acceptors (Lipinski definition) is 5. The Hall–Kier alpha value is -0.460. The molecule has 2 fully saturated rings. The zero-order valence-electron chi connectivity index (χ0n) is 9.55. The number of aliphatic hydroxyl groups is 2. The zero-order chi connectivity index (χ0) is 12.0. The molecule has 16 heavy (non-hydrogen) atoms. The van der Waals surface area contributed by atoms with Gasteiger partial charge < -0.3 is 24.4 Å². The molecule has 5 heteroatoms. The van der Waals surface area contributed by atoms with E-state index in [9.17, 15) is 10.2 Å². The molecule has 0 aliphatic carbocycles. The van der Waals surface area contributed by atoms with E-state index in [1.807, 2.05) is 0 Å². The minimum Gasteiger partial charge on any atom is -0.394 e. The molecular weight excluding hydrogens is 212 g/mol. The quantitative estimate of drug-likeness (QED) is 0.676. The van der Waals surface area contributed by atoms with Gasteiger partial charge in [0.2, 0.25) is 0 Å². The van der Waals surface area contributed by atoms with Gasteiger partial charge in [0.25, 0.3) is 0 Å². The van der Waals surface area contributed by atoms with Crippen molar-refractivity contribution in [1.29, 1.82) is 0 Å². The number of ether oxygens (including phenoxy) is 3. The SMILES string of the molecule is C=CC[C@@]1(O)[C@@H](CO)OC2OC(C)(C)O[C@@H]21. The van der Waals surface area contributed by atoms with Crippen molar-refractivity contribution in [2.24, 2.45) is 0 Å². The van der Waals surface area contributed by atoms with E-state index >= 15 is 0 Å². The van der Waals surface area contributed by atoms with Crippen molar-refractivity contribution in [2.75, 3.05) is 6.61 Å². The van der Waals surface area contributed by atoms with Crippen molar-refractivity contribution in [1.82, 2.24) is 0 Å². The lowest BCUT2D eigenvalue weighted by atomic mass is 9.89. The van der Waals surface area contributed by atoms with Gasteiger partial charge in [-0.05, 0) is 20.3 Å². The number of aliphatic hydroxyl groups excluding tert-OH is 1. The summed E-state index contributed by atoms with van der Waals surface area (Å²) in [6, 6.07) is 0. The fourth-order valence-corrected chi connectivity index (χ4v) is 2.31. The van der Waals surface area contributed by atoms with Gasteiger partial charge in [0.05, 0.1) is 6.61 Å².